The Balaban J connectivity index is 1.73. The van der Waals surface area contributed by atoms with E-state index in [4.69, 9.17) is 9.47 Å². The van der Waals surface area contributed by atoms with Gasteiger partial charge in [-0.3, -0.25) is 4.79 Å². The Hall–Kier alpha value is -1.66. The van der Waals surface area contributed by atoms with Crippen LogP contribution in [0.4, 0.5) is 0 Å². The van der Waals surface area contributed by atoms with E-state index in [0.29, 0.717) is 19.0 Å². The van der Waals surface area contributed by atoms with E-state index >= 15 is 0 Å². The predicted octanol–water partition coefficient (Wildman–Crippen LogP) is 0.780. The second-order valence-corrected chi connectivity index (χ2v) is 6.15. The predicted molar refractivity (Wildman–Crippen MR) is 81.7 cm³/mol. The molecule has 6 nitrogen and oxygen atoms in total. The van der Waals surface area contributed by atoms with Crippen molar-refractivity contribution in [2.75, 3.05) is 33.8 Å². The van der Waals surface area contributed by atoms with Crippen molar-refractivity contribution in [3.8, 4) is 5.88 Å². The number of fused-ring (bicyclic) bond motifs is 1. The first kappa shape index (κ1) is 15.2. The Kier molecular flexibility index (Phi) is 4.59. The van der Waals surface area contributed by atoms with Gasteiger partial charge in [0.1, 0.15) is 12.2 Å². The number of carbonyl (C=O) groups excluding carboxylic acids is 1. The second-order valence-electron chi connectivity index (χ2n) is 6.15. The zero-order chi connectivity index (χ0) is 15.5. The molecule has 0 saturated carbocycles. The normalized spacial score (nSPS) is 27.8. The first-order valence-electron chi connectivity index (χ1n) is 7.78. The Morgan fingerprint density at radius 2 is 2.36 bits per heavy atom. The average Bonchev–Trinajstić information content (AvgIpc) is 2.87. The monoisotopic (exact) mass is 305 g/mol. The number of nitrogens with zero attached hydrogens (tertiary/aromatic N) is 3. The van der Waals surface area contributed by atoms with Gasteiger partial charge in [-0.05, 0) is 33.0 Å². The minimum Gasteiger partial charge on any atom is -0.470 e. The molecule has 6 heteroatoms. The summed E-state index contributed by atoms with van der Waals surface area (Å²) in [5.74, 6) is 0.722. The summed E-state index contributed by atoms with van der Waals surface area (Å²) in [7, 11) is 3.81. The van der Waals surface area contributed by atoms with Crippen molar-refractivity contribution in [3.05, 3.63) is 24.4 Å². The van der Waals surface area contributed by atoms with Crippen molar-refractivity contribution < 1.29 is 14.3 Å². The first-order valence-corrected chi connectivity index (χ1v) is 7.78. The van der Waals surface area contributed by atoms with Crippen LogP contribution in [0.25, 0.3) is 0 Å². The molecule has 22 heavy (non-hydrogen) atoms. The highest BCUT2D eigenvalue weighted by molar-refractivity contribution is 5.79. The lowest BCUT2D eigenvalue weighted by Crippen LogP contribution is -2.46. The number of aromatic nitrogens is 1. The summed E-state index contributed by atoms with van der Waals surface area (Å²) in [4.78, 5) is 20.5. The molecule has 2 aliphatic heterocycles. The van der Waals surface area contributed by atoms with Crippen molar-refractivity contribution in [1.82, 2.24) is 14.8 Å². The van der Waals surface area contributed by atoms with Crippen LogP contribution in [-0.2, 0) is 9.53 Å². The SMILES string of the molecule is CN(C)CC(=O)N1C[C@@H](Oc2ccccn2)[C@@H]2OCCC[C@@H]21. The van der Waals surface area contributed by atoms with Crippen LogP contribution in [-0.4, -0.2) is 72.7 Å². The number of likely N-dealkylation sites (N-methyl/N-ethyl adjacent to an activating group) is 1. The molecule has 3 heterocycles. The average molecular weight is 305 g/mol. The lowest BCUT2D eigenvalue weighted by atomic mass is 10.0. The number of ether oxygens (including phenoxy) is 2. The standard InChI is InChI=1S/C16H23N3O3/c1-18(2)11-15(20)19-10-13(16-12(19)6-5-9-21-16)22-14-7-3-4-8-17-14/h3-4,7-8,12-13,16H,5-6,9-11H2,1-2H3/t12-,13+,16+/m0/s1. The lowest BCUT2D eigenvalue weighted by molar-refractivity contribution is -0.135. The van der Waals surface area contributed by atoms with Gasteiger partial charge in [-0.2, -0.15) is 0 Å². The molecule has 0 aliphatic carbocycles. The van der Waals surface area contributed by atoms with Gasteiger partial charge in [0.05, 0.1) is 19.1 Å². The fraction of sp³-hybridized carbons (Fsp3) is 0.625. The van der Waals surface area contributed by atoms with Crippen LogP contribution >= 0.6 is 0 Å². The van der Waals surface area contributed by atoms with Crippen molar-refractivity contribution >= 4 is 5.91 Å². The molecule has 1 amide bonds. The minimum absolute atomic E-state index is 0.0538. The van der Waals surface area contributed by atoms with Crippen LogP contribution in [0.2, 0.25) is 0 Å². The zero-order valence-corrected chi connectivity index (χ0v) is 13.1. The molecule has 120 valence electrons. The number of hydrogen-bond donors (Lipinski definition) is 0. The molecule has 2 saturated heterocycles. The van der Waals surface area contributed by atoms with E-state index in [9.17, 15) is 4.79 Å². The number of pyridine rings is 1. The lowest BCUT2D eigenvalue weighted by Gasteiger charge is -2.32. The molecule has 2 fully saturated rings. The highest BCUT2D eigenvalue weighted by Crippen LogP contribution is 2.31. The fourth-order valence-electron chi connectivity index (χ4n) is 3.23. The fourth-order valence-corrected chi connectivity index (χ4v) is 3.23. The van der Waals surface area contributed by atoms with Crippen molar-refractivity contribution in [1.29, 1.82) is 0 Å². The zero-order valence-electron chi connectivity index (χ0n) is 13.1. The third kappa shape index (κ3) is 3.23. The highest BCUT2D eigenvalue weighted by atomic mass is 16.5. The van der Waals surface area contributed by atoms with E-state index in [1.807, 2.05) is 42.1 Å². The second kappa shape index (κ2) is 6.62. The summed E-state index contributed by atoms with van der Waals surface area (Å²) in [5, 5.41) is 0. The Labute approximate surface area is 131 Å². The highest BCUT2D eigenvalue weighted by Gasteiger charge is 2.47. The van der Waals surface area contributed by atoms with Crippen LogP contribution in [0.1, 0.15) is 12.8 Å². The maximum Gasteiger partial charge on any atom is 0.237 e. The van der Waals surface area contributed by atoms with Crippen LogP contribution in [0.5, 0.6) is 5.88 Å². The third-order valence-corrected chi connectivity index (χ3v) is 4.16. The Morgan fingerprint density at radius 1 is 1.50 bits per heavy atom. The molecule has 3 atom stereocenters. The van der Waals surface area contributed by atoms with Crippen LogP contribution < -0.4 is 4.74 Å². The van der Waals surface area contributed by atoms with Crippen LogP contribution in [0.15, 0.2) is 24.4 Å². The van der Waals surface area contributed by atoms with Gasteiger partial charge in [-0.1, -0.05) is 6.07 Å². The summed E-state index contributed by atoms with van der Waals surface area (Å²) >= 11 is 0. The van der Waals surface area contributed by atoms with Gasteiger partial charge in [0.25, 0.3) is 0 Å². The number of hydrogen-bond acceptors (Lipinski definition) is 5. The van der Waals surface area contributed by atoms with Gasteiger partial charge in [0.15, 0.2) is 0 Å². The molecule has 0 unspecified atom stereocenters. The van der Waals surface area contributed by atoms with Crippen LogP contribution in [0.3, 0.4) is 0 Å². The Morgan fingerprint density at radius 3 is 3.09 bits per heavy atom. The summed E-state index contributed by atoms with van der Waals surface area (Å²) in [6, 6.07) is 5.71. The summed E-state index contributed by atoms with van der Waals surface area (Å²) in [6.07, 6.45) is 3.47. The van der Waals surface area contributed by atoms with Crippen LogP contribution in [0, 0.1) is 0 Å². The summed E-state index contributed by atoms with van der Waals surface area (Å²) < 4.78 is 11.9. The molecule has 2 aliphatic rings. The molecule has 1 aromatic heterocycles. The quantitative estimate of drug-likeness (QED) is 0.823. The van der Waals surface area contributed by atoms with E-state index in [1.165, 1.54) is 0 Å². The third-order valence-electron chi connectivity index (χ3n) is 4.16. The molecule has 0 bridgehead atoms. The van der Waals surface area contributed by atoms with Gasteiger partial charge in [-0.25, -0.2) is 4.98 Å². The molecule has 0 radical (unpaired) electrons. The first-order chi connectivity index (χ1) is 10.6. The Bertz CT molecular complexity index is 509. The molecular formula is C16H23N3O3. The number of amides is 1. The van der Waals surface area contributed by atoms with Gasteiger partial charge in [-0.15, -0.1) is 0 Å². The maximum atomic E-state index is 12.5. The number of rotatable bonds is 4. The number of likely N-dealkylation sites (tertiary alicyclic amines) is 1. The summed E-state index contributed by atoms with van der Waals surface area (Å²) in [5.41, 5.74) is 0. The van der Waals surface area contributed by atoms with Gasteiger partial charge >= 0.3 is 0 Å². The minimum atomic E-state index is -0.147. The summed E-state index contributed by atoms with van der Waals surface area (Å²) in [6.45, 7) is 1.72. The molecule has 3 rings (SSSR count). The van der Waals surface area contributed by atoms with Crippen molar-refractivity contribution in [2.24, 2.45) is 0 Å². The van der Waals surface area contributed by atoms with Gasteiger partial charge < -0.3 is 19.3 Å². The van der Waals surface area contributed by atoms with Crippen molar-refractivity contribution in [3.63, 3.8) is 0 Å². The van der Waals surface area contributed by atoms with Gasteiger partial charge in [0, 0.05) is 18.9 Å². The number of carbonyl (C=O) groups is 1. The van der Waals surface area contributed by atoms with E-state index < -0.39 is 0 Å². The smallest absolute Gasteiger partial charge is 0.237 e. The maximum absolute atomic E-state index is 12.5. The van der Waals surface area contributed by atoms with E-state index in [0.717, 1.165) is 19.4 Å². The van der Waals surface area contributed by atoms with Gasteiger partial charge in [0.2, 0.25) is 11.8 Å². The van der Waals surface area contributed by atoms with E-state index in [-0.39, 0.29) is 24.2 Å². The molecular weight excluding hydrogens is 282 g/mol. The molecule has 0 N–H and O–H groups in total. The molecule has 0 spiro atoms. The largest absolute Gasteiger partial charge is 0.470 e. The van der Waals surface area contributed by atoms with E-state index in [2.05, 4.69) is 4.98 Å². The molecule has 1 aromatic rings. The van der Waals surface area contributed by atoms with Crippen molar-refractivity contribution in [2.45, 2.75) is 31.1 Å². The topological polar surface area (TPSA) is 54.9 Å². The van der Waals surface area contributed by atoms with E-state index in [1.54, 1.807) is 6.20 Å². The molecule has 0 aromatic carbocycles.